The highest BCUT2D eigenvalue weighted by atomic mass is 19.1. The van der Waals surface area contributed by atoms with Gasteiger partial charge in [-0.2, -0.15) is 0 Å². The zero-order valence-corrected chi connectivity index (χ0v) is 17.3. The maximum atomic E-state index is 13.2. The second-order valence-electron chi connectivity index (χ2n) is 8.10. The molecule has 0 aliphatic heterocycles. The number of anilines is 1. The maximum Gasteiger partial charge on any atom is 0.322 e. The second kappa shape index (κ2) is 8.30. The van der Waals surface area contributed by atoms with Crippen molar-refractivity contribution in [3.63, 3.8) is 0 Å². The van der Waals surface area contributed by atoms with E-state index >= 15 is 0 Å². The molecule has 0 saturated heterocycles. The van der Waals surface area contributed by atoms with Crippen molar-refractivity contribution in [1.29, 1.82) is 0 Å². The van der Waals surface area contributed by atoms with Crippen molar-refractivity contribution < 1.29 is 9.18 Å². The molecule has 0 spiro atoms. The largest absolute Gasteiger partial charge is 0.322 e. The molecule has 5 nitrogen and oxygen atoms in total. The molecule has 1 heterocycles. The Hall–Kier alpha value is -3.15. The van der Waals surface area contributed by atoms with Crippen LogP contribution >= 0.6 is 0 Å². The number of nitrogens with one attached hydrogen (secondary N) is 2. The number of rotatable bonds is 4. The van der Waals surface area contributed by atoms with Crippen LogP contribution in [-0.4, -0.2) is 22.0 Å². The summed E-state index contributed by atoms with van der Waals surface area (Å²) < 4.78 is 13.2. The summed E-state index contributed by atoms with van der Waals surface area (Å²) in [5.74, 6) is -0.353. The Labute approximate surface area is 174 Å². The van der Waals surface area contributed by atoms with Crippen LogP contribution in [0.25, 0.3) is 10.9 Å². The SMILES string of the molecule is Cc1ccc2cc(CN(C(=O)Nc3ccc(F)cc3)C3CCCC3)c(=O)[nH]c2c1C. The number of nitrogens with zero attached hydrogens (tertiary/aromatic N) is 1. The van der Waals surface area contributed by atoms with E-state index in [0.29, 0.717) is 11.3 Å². The standard InChI is InChI=1S/C24H26FN3O2/c1-15-7-8-17-13-18(23(29)27-22(17)16(15)2)14-28(21-5-3-4-6-21)24(30)26-20-11-9-19(25)10-12-20/h7-13,21H,3-6,14H2,1-2H3,(H,26,30)(H,27,29). The summed E-state index contributed by atoms with van der Waals surface area (Å²) in [6.07, 6.45) is 3.97. The number of carbonyl (C=O) groups is 1. The Balaban J connectivity index is 1.64. The summed E-state index contributed by atoms with van der Waals surface area (Å²) in [6, 6.07) is 11.4. The molecular formula is C24H26FN3O2. The van der Waals surface area contributed by atoms with Gasteiger partial charge < -0.3 is 15.2 Å². The minimum atomic E-state index is -0.353. The van der Waals surface area contributed by atoms with Gasteiger partial charge in [-0.1, -0.05) is 25.0 Å². The molecule has 1 aliphatic rings. The Kier molecular flexibility index (Phi) is 5.57. The minimum absolute atomic E-state index is 0.0836. The normalized spacial score (nSPS) is 14.2. The molecular weight excluding hydrogens is 381 g/mol. The van der Waals surface area contributed by atoms with E-state index in [1.54, 1.807) is 4.90 Å². The number of urea groups is 1. The van der Waals surface area contributed by atoms with E-state index in [4.69, 9.17) is 0 Å². The second-order valence-corrected chi connectivity index (χ2v) is 8.10. The van der Waals surface area contributed by atoms with Gasteiger partial charge in [-0.15, -0.1) is 0 Å². The Morgan fingerprint density at radius 3 is 2.53 bits per heavy atom. The molecule has 2 aromatic carbocycles. The number of benzene rings is 2. The summed E-state index contributed by atoms with van der Waals surface area (Å²) in [7, 11) is 0. The first kappa shape index (κ1) is 20.1. The van der Waals surface area contributed by atoms with Gasteiger partial charge in [0.2, 0.25) is 0 Å². The van der Waals surface area contributed by atoms with E-state index < -0.39 is 0 Å². The fourth-order valence-corrected chi connectivity index (χ4v) is 4.18. The highest BCUT2D eigenvalue weighted by Gasteiger charge is 2.27. The number of pyridine rings is 1. The fraction of sp³-hybridized carbons (Fsp3) is 0.333. The van der Waals surface area contributed by atoms with Crippen molar-refractivity contribution >= 4 is 22.6 Å². The number of H-pyrrole nitrogens is 1. The number of carbonyl (C=O) groups excluding carboxylic acids is 1. The average Bonchev–Trinajstić information content (AvgIpc) is 3.26. The van der Waals surface area contributed by atoms with Gasteiger partial charge in [-0.3, -0.25) is 4.79 Å². The van der Waals surface area contributed by atoms with Crippen LogP contribution in [0.4, 0.5) is 14.9 Å². The Bertz CT molecular complexity index is 1130. The summed E-state index contributed by atoms with van der Waals surface area (Å²) in [4.78, 5) is 30.6. The predicted molar refractivity (Wildman–Crippen MR) is 117 cm³/mol. The van der Waals surface area contributed by atoms with Crippen molar-refractivity contribution in [2.45, 2.75) is 52.1 Å². The van der Waals surface area contributed by atoms with Crippen LogP contribution in [0.2, 0.25) is 0 Å². The first-order valence-corrected chi connectivity index (χ1v) is 10.4. The van der Waals surface area contributed by atoms with Gasteiger partial charge in [-0.25, -0.2) is 9.18 Å². The number of halogens is 1. The van der Waals surface area contributed by atoms with Crippen LogP contribution in [0.3, 0.4) is 0 Å². The lowest BCUT2D eigenvalue weighted by molar-refractivity contribution is 0.184. The van der Waals surface area contributed by atoms with E-state index in [-0.39, 0.29) is 30.0 Å². The van der Waals surface area contributed by atoms with Crippen LogP contribution < -0.4 is 10.9 Å². The maximum absolute atomic E-state index is 13.2. The molecule has 0 atom stereocenters. The molecule has 4 rings (SSSR count). The molecule has 0 radical (unpaired) electrons. The van der Waals surface area contributed by atoms with E-state index in [1.165, 1.54) is 24.3 Å². The molecule has 1 aromatic heterocycles. The van der Waals surface area contributed by atoms with Crippen LogP contribution in [0.5, 0.6) is 0 Å². The number of amides is 2. The van der Waals surface area contributed by atoms with Gasteiger partial charge in [-0.05, 0) is 73.5 Å². The van der Waals surface area contributed by atoms with Gasteiger partial charge in [0.05, 0.1) is 12.1 Å². The van der Waals surface area contributed by atoms with Crippen LogP contribution in [-0.2, 0) is 6.54 Å². The highest BCUT2D eigenvalue weighted by Crippen LogP contribution is 2.26. The van der Waals surface area contributed by atoms with Crippen molar-refractivity contribution in [3.05, 3.63) is 75.3 Å². The third-order valence-corrected chi connectivity index (χ3v) is 6.09. The van der Waals surface area contributed by atoms with Crippen molar-refractivity contribution in [2.75, 3.05) is 5.32 Å². The number of hydrogen-bond acceptors (Lipinski definition) is 2. The third-order valence-electron chi connectivity index (χ3n) is 6.09. The predicted octanol–water partition coefficient (Wildman–Crippen LogP) is 5.26. The van der Waals surface area contributed by atoms with Gasteiger partial charge in [0, 0.05) is 17.3 Å². The molecule has 0 bridgehead atoms. The summed E-state index contributed by atoms with van der Waals surface area (Å²) >= 11 is 0. The van der Waals surface area contributed by atoms with E-state index in [1.807, 2.05) is 32.0 Å². The summed E-state index contributed by atoms with van der Waals surface area (Å²) in [5, 5.41) is 3.80. The number of aryl methyl sites for hydroxylation is 2. The number of aromatic nitrogens is 1. The smallest absolute Gasteiger partial charge is 0.321 e. The molecule has 2 amide bonds. The highest BCUT2D eigenvalue weighted by molar-refractivity contribution is 5.89. The minimum Gasteiger partial charge on any atom is -0.321 e. The Morgan fingerprint density at radius 2 is 1.83 bits per heavy atom. The molecule has 1 aliphatic carbocycles. The zero-order valence-electron chi connectivity index (χ0n) is 17.3. The monoisotopic (exact) mass is 407 g/mol. The Morgan fingerprint density at radius 1 is 1.13 bits per heavy atom. The quantitative estimate of drug-likeness (QED) is 0.619. The van der Waals surface area contributed by atoms with Gasteiger partial charge in [0.15, 0.2) is 0 Å². The van der Waals surface area contributed by atoms with Gasteiger partial charge >= 0.3 is 6.03 Å². The van der Waals surface area contributed by atoms with Gasteiger partial charge in [0.25, 0.3) is 5.56 Å². The first-order chi connectivity index (χ1) is 14.4. The molecule has 0 unspecified atom stereocenters. The summed E-state index contributed by atoms with van der Waals surface area (Å²) in [5.41, 5.74) is 3.94. The first-order valence-electron chi connectivity index (χ1n) is 10.4. The van der Waals surface area contributed by atoms with E-state index in [0.717, 1.165) is 47.7 Å². The third kappa shape index (κ3) is 4.08. The molecule has 6 heteroatoms. The summed E-state index contributed by atoms with van der Waals surface area (Å²) in [6.45, 7) is 4.24. The average molecular weight is 407 g/mol. The van der Waals surface area contributed by atoms with E-state index in [9.17, 15) is 14.0 Å². The van der Waals surface area contributed by atoms with Crippen molar-refractivity contribution in [2.24, 2.45) is 0 Å². The van der Waals surface area contributed by atoms with Crippen LogP contribution in [0.15, 0.2) is 47.3 Å². The lowest BCUT2D eigenvalue weighted by atomic mass is 10.0. The molecule has 2 N–H and O–H groups in total. The fourth-order valence-electron chi connectivity index (χ4n) is 4.18. The van der Waals surface area contributed by atoms with Crippen molar-refractivity contribution in [3.8, 4) is 0 Å². The molecule has 156 valence electrons. The van der Waals surface area contributed by atoms with Gasteiger partial charge in [0.1, 0.15) is 5.82 Å². The zero-order chi connectivity index (χ0) is 21.3. The lowest BCUT2D eigenvalue weighted by Gasteiger charge is -2.29. The molecule has 1 saturated carbocycles. The number of aromatic amines is 1. The molecule has 1 fully saturated rings. The molecule has 30 heavy (non-hydrogen) atoms. The lowest BCUT2D eigenvalue weighted by Crippen LogP contribution is -2.42. The van der Waals surface area contributed by atoms with Crippen LogP contribution in [0, 0.1) is 19.7 Å². The topological polar surface area (TPSA) is 65.2 Å². The number of fused-ring (bicyclic) bond motifs is 1. The van der Waals surface area contributed by atoms with Crippen LogP contribution in [0.1, 0.15) is 42.4 Å². The number of hydrogen-bond donors (Lipinski definition) is 2. The van der Waals surface area contributed by atoms with Crippen molar-refractivity contribution in [1.82, 2.24) is 9.88 Å². The van der Waals surface area contributed by atoms with E-state index in [2.05, 4.69) is 10.3 Å². The molecule has 3 aromatic rings.